The summed E-state index contributed by atoms with van der Waals surface area (Å²) in [6.07, 6.45) is 1.79. The Balaban J connectivity index is 1.44. The molecule has 0 aliphatic carbocycles. The molecule has 11 nitrogen and oxygen atoms in total. The largest absolute Gasteiger partial charge is 0.482 e. The topological polar surface area (TPSA) is 138 Å². The predicted molar refractivity (Wildman–Crippen MR) is 140 cm³/mol. The number of aryl methyl sites for hydroxylation is 1. The highest BCUT2D eigenvalue weighted by Gasteiger charge is 2.45. The van der Waals surface area contributed by atoms with Crippen LogP contribution >= 0.6 is 0 Å². The van der Waals surface area contributed by atoms with Crippen molar-refractivity contribution < 1.29 is 28.7 Å². The van der Waals surface area contributed by atoms with Crippen molar-refractivity contribution in [2.24, 2.45) is 0 Å². The molecule has 3 aliphatic heterocycles. The van der Waals surface area contributed by atoms with Crippen LogP contribution < -0.4 is 20.3 Å². The molecule has 1 fully saturated rings. The van der Waals surface area contributed by atoms with Gasteiger partial charge in [0.1, 0.15) is 11.8 Å². The standard InChI is InChI=1S/C28H23N5O6/c1-14-10-15(8-9-29-14)17-11-22-21(32(2)24(35)13-39-22)12-19(17)30-18-5-3-4-16-25(18)28(38)33(27(16)37)20-6-7-23(34)31-26(20)36/h3-5,8-12,20,30H,6-7,13H2,1-2H3,(H,31,34,36)/t20-/m1/s1. The Bertz CT molecular complexity index is 1620. The van der Waals surface area contributed by atoms with Crippen molar-refractivity contribution in [3.63, 3.8) is 0 Å². The van der Waals surface area contributed by atoms with E-state index in [0.29, 0.717) is 22.8 Å². The first-order chi connectivity index (χ1) is 18.7. The Labute approximate surface area is 222 Å². The van der Waals surface area contributed by atoms with Gasteiger partial charge in [0.2, 0.25) is 11.8 Å². The molecular formula is C28H23N5O6. The fourth-order valence-corrected chi connectivity index (χ4v) is 5.14. The fourth-order valence-electron chi connectivity index (χ4n) is 5.14. The first-order valence-electron chi connectivity index (χ1n) is 12.3. The number of piperidine rings is 1. The molecule has 3 aromatic rings. The molecule has 0 saturated carbocycles. The summed E-state index contributed by atoms with van der Waals surface area (Å²) in [5.74, 6) is -2.00. The lowest BCUT2D eigenvalue weighted by molar-refractivity contribution is -0.136. The van der Waals surface area contributed by atoms with E-state index in [-0.39, 0.29) is 36.5 Å². The average molecular weight is 526 g/mol. The predicted octanol–water partition coefficient (Wildman–Crippen LogP) is 2.56. The van der Waals surface area contributed by atoms with Gasteiger partial charge in [0.05, 0.1) is 22.5 Å². The molecule has 0 unspecified atom stereocenters. The van der Waals surface area contributed by atoms with E-state index in [4.69, 9.17) is 4.74 Å². The van der Waals surface area contributed by atoms with Gasteiger partial charge >= 0.3 is 0 Å². The maximum atomic E-state index is 13.6. The molecular weight excluding hydrogens is 502 g/mol. The molecule has 196 valence electrons. The lowest BCUT2D eigenvalue weighted by atomic mass is 10.0. The van der Waals surface area contributed by atoms with Crippen molar-refractivity contribution in [3.05, 3.63) is 65.5 Å². The second-order valence-electron chi connectivity index (χ2n) is 9.59. The van der Waals surface area contributed by atoms with Gasteiger partial charge in [0, 0.05) is 36.6 Å². The summed E-state index contributed by atoms with van der Waals surface area (Å²) in [5.41, 5.74) is 4.12. The zero-order valence-corrected chi connectivity index (χ0v) is 21.1. The summed E-state index contributed by atoms with van der Waals surface area (Å²) in [6.45, 7) is 1.79. The van der Waals surface area contributed by atoms with E-state index in [9.17, 15) is 24.0 Å². The molecule has 1 saturated heterocycles. The number of hydrogen-bond donors (Lipinski definition) is 2. The Morgan fingerprint density at radius 2 is 1.82 bits per heavy atom. The van der Waals surface area contributed by atoms with E-state index in [1.54, 1.807) is 31.4 Å². The van der Waals surface area contributed by atoms with Crippen LogP contribution in [0.15, 0.2) is 48.7 Å². The molecule has 3 aliphatic rings. The van der Waals surface area contributed by atoms with Crippen LogP contribution in [0.5, 0.6) is 5.75 Å². The first kappa shape index (κ1) is 24.3. The van der Waals surface area contributed by atoms with E-state index < -0.39 is 29.7 Å². The third-order valence-electron chi connectivity index (χ3n) is 7.13. The number of hydrogen-bond acceptors (Lipinski definition) is 8. The van der Waals surface area contributed by atoms with Crippen LogP contribution in [-0.4, -0.2) is 59.1 Å². The second-order valence-corrected chi connectivity index (χ2v) is 9.59. The van der Waals surface area contributed by atoms with Crippen LogP contribution in [0, 0.1) is 6.92 Å². The van der Waals surface area contributed by atoms with Crippen molar-refractivity contribution >= 4 is 46.6 Å². The smallest absolute Gasteiger partial charge is 0.264 e. The van der Waals surface area contributed by atoms with Crippen LogP contribution in [0.25, 0.3) is 11.1 Å². The lowest BCUT2D eigenvalue weighted by Crippen LogP contribution is -2.54. The quantitative estimate of drug-likeness (QED) is 0.496. The van der Waals surface area contributed by atoms with Crippen molar-refractivity contribution in [1.29, 1.82) is 0 Å². The molecule has 1 atom stereocenters. The van der Waals surface area contributed by atoms with Gasteiger partial charge in [-0.25, -0.2) is 0 Å². The minimum absolute atomic E-state index is 0.0348. The number of fused-ring (bicyclic) bond motifs is 2. The number of nitrogens with one attached hydrogen (secondary N) is 2. The molecule has 1 aromatic heterocycles. The lowest BCUT2D eigenvalue weighted by Gasteiger charge is -2.28. The van der Waals surface area contributed by atoms with Gasteiger partial charge in [-0.05, 0) is 55.3 Å². The van der Waals surface area contributed by atoms with E-state index >= 15 is 0 Å². The third kappa shape index (κ3) is 3.99. The summed E-state index contributed by atoms with van der Waals surface area (Å²) in [5, 5.41) is 5.51. The summed E-state index contributed by atoms with van der Waals surface area (Å²) >= 11 is 0. The summed E-state index contributed by atoms with van der Waals surface area (Å²) in [4.78, 5) is 70.0. The number of aromatic nitrogens is 1. The normalized spacial score (nSPS) is 18.5. The first-order valence-corrected chi connectivity index (χ1v) is 12.3. The van der Waals surface area contributed by atoms with Crippen LogP contribution in [0.3, 0.4) is 0 Å². The number of nitrogens with zero attached hydrogens (tertiary/aromatic N) is 3. The summed E-state index contributed by atoms with van der Waals surface area (Å²) in [7, 11) is 1.66. The molecule has 4 heterocycles. The monoisotopic (exact) mass is 525 g/mol. The number of pyridine rings is 1. The molecule has 0 bridgehead atoms. The van der Waals surface area contributed by atoms with Crippen molar-refractivity contribution in [3.8, 4) is 16.9 Å². The van der Waals surface area contributed by atoms with E-state index in [1.165, 1.54) is 11.0 Å². The maximum Gasteiger partial charge on any atom is 0.264 e. The number of rotatable bonds is 4. The highest BCUT2D eigenvalue weighted by atomic mass is 16.5. The van der Waals surface area contributed by atoms with E-state index in [1.807, 2.05) is 25.1 Å². The highest BCUT2D eigenvalue weighted by Crippen LogP contribution is 2.43. The van der Waals surface area contributed by atoms with Crippen molar-refractivity contribution in [2.45, 2.75) is 25.8 Å². The molecule has 39 heavy (non-hydrogen) atoms. The SMILES string of the molecule is Cc1cc(-c2cc3c(cc2Nc2cccc4c2C(=O)N([C@@H]2CCC(=O)NC2=O)C4=O)N(C)C(=O)CO3)ccn1. The van der Waals surface area contributed by atoms with Crippen molar-refractivity contribution in [1.82, 2.24) is 15.2 Å². The van der Waals surface area contributed by atoms with Gasteiger partial charge in [0.15, 0.2) is 6.61 Å². The Morgan fingerprint density at radius 3 is 2.59 bits per heavy atom. The molecule has 11 heteroatoms. The van der Waals surface area contributed by atoms with Gasteiger partial charge in [0.25, 0.3) is 17.7 Å². The highest BCUT2D eigenvalue weighted by molar-refractivity contribution is 6.25. The molecule has 2 N–H and O–H groups in total. The molecule has 2 aromatic carbocycles. The third-order valence-corrected chi connectivity index (χ3v) is 7.13. The zero-order valence-electron chi connectivity index (χ0n) is 21.1. The Morgan fingerprint density at radius 1 is 1.00 bits per heavy atom. The number of carbonyl (C=O) groups is 5. The summed E-state index contributed by atoms with van der Waals surface area (Å²) < 4.78 is 5.71. The average Bonchev–Trinajstić information content (AvgIpc) is 3.17. The van der Waals surface area contributed by atoms with Crippen LogP contribution in [0.1, 0.15) is 39.3 Å². The van der Waals surface area contributed by atoms with Crippen LogP contribution in [0.4, 0.5) is 17.1 Å². The number of amides is 5. The molecule has 0 radical (unpaired) electrons. The van der Waals surface area contributed by atoms with Gasteiger partial charge in [-0.3, -0.25) is 39.2 Å². The number of anilines is 3. The van der Waals surface area contributed by atoms with Crippen LogP contribution in [-0.2, 0) is 14.4 Å². The molecule has 5 amide bonds. The second kappa shape index (κ2) is 9.05. The van der Waals surface area contributed by atoms with E-state index in [0.717, 1.165) is 21.7 Å². The van der Waals surface area contributed by atoms with Crippen molar-refractivity contribution in [2.75, 3.05) is 23.9 Å². The maximum absolute atomic E-state index is 13.6. The zero-order chi connectivity index (χ0) is 27.4. The van der Waals surface area contributed by atoms with Gasteiger partial charge < -0.3 is 15.0 Å². The number of benzene rings is 2. The molecule has 0 spiro atoms. The number of imide groups is 2. The molecule has 6 rings (SSSR count). The van der Waals surface area contributed by atoms with Gasteiger partial charge in [-0.2, -0.15) is 0 Å². The van der Waals surface area contributed by atoms with Crippen LogP contribution in [0.2, 0.25) is 0 Å². The number of likely N-dealkylation sites (N-methyl/N-ethyl adjacent to an activating group) is 1. The Hall–Kier alpha value is -5.06. The van der Waals surface area contributed by atoms with Gasteiger partial charge in [-0.15, -0.1) is 0 Å². The number of carbonyl (C=O) groups excluding carboxylic acids is 5. The van der Waals surface area contributed by atoms with Gasteiger partial charge in [-0.1, -0.05) is 6.07 Å². The minimum atomic E-state index is -1.07. The summed E-state index contributed by atoms with van der Waals surface area (Å²) in [6, 6.07) is 11.1. The number of ether oxygens (including phenoxy) is 1. The van der Waals surface area contributed by atoms with E-state index in [2.05, 4.69) is 15.6 Å². The minimum Gasteiger partial charge on any atom is -0.482 e. The fraction of sp³-hybridized carbons (Fsp3) is 0.214. The Kier molecular flexibility index (Phi) is 5.63.